The van der Waals surface area contributed by atoms with Crippen LogP contribution in [0.2, 0.25) is 0 Å². The van der Waals surface area contributed by atoms with E-state index in [1.807, 2.05) is 0 Å². The first-order chi connectivity index (χ1) is 21.8. The Balaban J connectivity index is 0.00000256. The van der Waals surface area contributed by atoms with Gasteiger partial charge < -0.3 is 33.9 Å². The second kappa shape index (κ2) is 22.4. The van der Waals surface area contributed by atoms with E-state index >= 15 is 0 Å². The summed E-state index contributed by atoms with van der Waals surface area (Å²) >= 11 is 0. The smallest absolute Gasteiger partial charge is 1.00 e. The summed E-state index contributed by atoms with van der Waals surface area (Å²) in [7, 11) is 0. The predicted molar refractivity (Wildman–Crippen MR) is 187 cm³/mol. The number of aromatic nitrogens is 5. The van der Waals surface area contributed by atoms with Crippen LogP contribution in [0.25, 0.3) is 45.1 Å². The van der Waals surface area contributed by atoms with Crippen molar-refractivity contribution in [2.24, 2.45) is 0 Å². The molecule has 0 spiro atoms. The number of halogens is 2. The maximum Gasteiger partial charge on any atom is 2.00 e. The molecular weight excluding hydrogens is 660 g/mol. The van der Waals surface area contributed by atoms with Gasteiger partial charge in [-0.1, -0.05) is 134 Å². The first-order valence-corrected chi connectivity index (χ1v) is 17.7. The molecule has 2 aromatic carbocycles. The van der Waals surface area contributed by atoms with Gasteiger partial charge in [0.05, 0.1) is 22.1 Å². The molecule has 0 saturated carbocycles. The molecule has 0 aliphatic heterocycles. The van der Waals surface area contributed by atoms with Crippen LogP contribution < -0.4 is 24.8 Å². The Morgan fingerprint density at radius 1 is 0.426 bits per heavy atom. The van der Waals surface area contributed by atoms with Gasteiger partial charge in [-0.2, -0.15) is 0 Å². The monoisotopic (exact) mass is 712 g/mol. The molecule has 0 aliphatic rings. The van der Waals surface area contributed by atoms with E-state index in [2.05, 4.69) is 89.7 Å². The third-order valence-electron chi connectivity index (χ3n) is 8.99. The quantitative estimate of drug-likeness (QED) is 0.102. The van der Waals surface area contributed by atoms with Gasteiger partial charge in [-0.3, -0.25) is 0 Å². The second-order valence-corrected chi connectivity index (χ2v) is 12.5. The number of aryl methyl sites for hydroxylation is 2. The van der Waals surface area contributed by atoms with E-state index in [9.17, 15) is 0 Å². The number of pyridine rings is 1. The van der Waals surface area contributed by atoms with E-state index in [1.165, 1.54) is 101 Å². The van der Waals surface area contributed by atoms with Crippen LogP contribution in [0.3, 0.4) is 0 Å². The zero-order valence-corrected chi connectivity index (χ0v) is 31.4. The van der Waals surface area contributed by atoms with Crippen molar-refractivity contribution in [3.05, 3.63) is 66.7 Å². The molecule has 253 valence electrons. The van der Waals surface area contributed by atoms with Gasteiger partial charge in [-0.15, -0.1) is 0 Å². The Hall–Kier alpha value is -2.31. The van der Waals surface area contributed by atoms with Crippen molar-refractivity contribution >= 4 is 22.1 Å². The average molecular weight is 714 g/mol. The van der Waals surface area contributed by atoms with Crippen molar-refractivity contribution in [2.75, 3.05) is 0 Å². The molecule has 0 unspecified atom stereocenters. The van der Waals surface area contributed by atoms with Crippen molar-refractivity contribution in [1.82, 2.24) is 24.1 Å². The van der Waals surface area contributed by atoms with E-state index < -0.39 is 0 Å². The fourth-order valence-electron chi connectivity index (χ4n) is 6.49. The predicted octanol–water partition coefficient (Wildman–Crippen LogP) is 5.40. The van der Waals surface area contributed by atoms with Crippen LogP contribution in [0.15, 0.2) is 66.7 Å². The number of unbranched alkanes of at least 4 members (excludes halogenated alkanes) is 14. The van der Waals surface area contributed by atoms with Crippen LogP contribution in [0.4, 0.5) is 0 Å². The third kappa shape index (κ3) is 11.4. The number of hydrogen-bond donors (Lipinski definition) is 0. The Bertz CT molecular complexity index is 1470. The number of rotatable bonds is 20. The second-order valence-electron chi connectivity index (χ2n) is 12.5. The molecule has 1 radical (unpaired) electrons. The van der Waals surface area contributed by atoms with Crippen LogP contribution in [0.5, 0.6) is 0 Å². The minimum atomic E-state index is 0. The number of benzene rings is 2. The third-order valence-corrected chi connectivity index (χ3v) is 8.99. The number of hydrogen-bond acceptors (Lipinski definition) is 3. The topological polar surface area (TPSA) is 48.5 Å². The van der Waals surface area contributed by atoms with Crippen molar-refractivity contribution in [2.45, 2.75) is 130 Å². The normalized spacial score (nSPS) is 10.9. The van der Waals surface area contributed by atoms with Crippen LogP contribution in [0.1, 0.15) is 117 Å². The van der Waals surface area contributed by atoms with Gasteiger partial charge in [0.1, 0.15) is 11.4 Å². The molecule has 5 nitrogen and oxygen atoms in total. The molecule has 47 heavy (non-hydrogen) atoms. The minimum Gasteiger partial charge on any atom is -1.00 e. The van der Waals surface area contributed by atoms with Gasteiger partial charge in [-0.05, 0) is 49.2 Å². The number of imidazole rings is 2. The molecule has 5 aromatic rings. The molecular formula is C39H53Cl2N5V. The Labute approximate surface area is 307 Å². The SMILES string of the molecule is CCCCCCCCCCn1c(-c2cccc(-c3nc4ccccc4n3CCCCCCCCCC)n2)nc2ccccc21.[Cl-].[Cl-].[V+2]. The molecule has 8 heteroatoms. The summed E-state index contributed by atoms with van der Waals surface area (Å²) in [6.07, 6.45) is 21.0. The molecule has 0 saturated heterocycles. The summed E-state index contributed by atoms with van der Waals surface area (Å²) in [5.74, 6) is 1.92. The Morgan fingerprint density at radius 3 is 1.19 bits per heavy atom. The van der Waals surface area contributed by atoms with Gasteiger partial charge in [0.15, 0.2) is 11.6 Å². The number of para-hydroxylation sites is 4. The zero-order chi connectivity index (χ0) is 30.4. The summed E-state index contributed by atoms with van der Waals surface area (Å²) in [4.78, 5) is 15.4. The minimum absolute atomic E-state index is 0. The van der Waals surface area contributed by atoms with Crippen molar-refractivity contribution in [1.29, 1.82) is 0 Å². The number of nitrogens with zero attached hydrogens (tertiary/aromatic N) is 5. The van der Waals surface area contributed by atoms with Crippen molar-refractivity contribution in [3.8, 4) is 23.0 Å². The van der Waals surface area contributed by atoms with Crippen LogP contribution in [-0.2, 0) is 31.6 Å². The summed E-state index contributed by atoms with van der Waals surface area (Å²) in [5.41, 5.74) is 6.31. The van der Waals surface area contributed by atoms with Gasteiger partial charge in [0.25, 0.3) is 0 Å². The molecule has 3 heterocycles. The van der Waals surface area contributed by atoms with E-state index in [0.717, 1.165) is 60.0 Å². The van der Waals surface area contributed by atoms with Gasteiger partial charge in [0, 0.05) is 13.1 Å². The van der Waals surface area contributed by atoms with E-state index in [-0.39, 0.29) is 43.4 Å². The molecule has 0 bridgehead atoms. The molecule has 0 aliphatic carbocycles. The van der Waals surface area contributed by atoms with Gasteiger partial charge in [0.2, 0.25) is 0 Å². The van der Waals surface area contributed by atoms with E-state index in [0.29, 0.717) is 0 Å². The molecule has 0 atom stereocenters. The summed E-state index contributed by atoms with van der Waals surface area (Å²) in [6.45, 7) is 6.50. The van der Waals surface area contributed by atoms with Crippen molar-refractivity contribution < 1.29 is 43.4 Å². The maximum atomic E-state index is 5.23. The standard InChI is InChI=1S/C39H53N5.2ClH.V/c1-3-5-7-9-11-13-15-21-30-43-36-28-19-17-24-32(36)41-38(43)34-26-23-27-35(40-34)39-42-33-25-18-20-29-37(33)44(39)31-22-16-14-12-10-8-6-4-2;;;/h17-20,23-29H,3-16,21-22,30-31H2,1-2H3;2*1H;/q;;;+2/p-2. The molecule has 0 fully saturated rings. The summed E-state index contributed by atoms with van der Waals surface area (Å²) < 4.78 is 4.78. The fourth-order valence-corrected chi connectivity index (χ4v) is 6.49. The van der Waals surface area contributed by atoms with Crippen LogP contribution in [-0.4, -0.2) is 24.1 Å². The van der Waals surface area contributed by atoms with E-state index in [4.69, 9.17) is 15.0 Å². The van der Waals surface area contributed by atoms with Crippen LogP contribution in [0, 0.1) is 0 Å². The largest absolute Gasteiger partial charge is 2.00 e. The van der Waals surface area contributed by atoms with E-state index in [1.54, 1.807) is 0 Å². The molecule has 5 rings (SSSR count). The van der Waals surface area contributed by atoms with Gasteiger partial charge >= 0.3 is 18.6 Å². The summed E-state index contributed by atoms with van der Waals surface area (Å²) in [6, 6.07) is 23.4. The summed E-state index contributed by atoms with van der Waals surface area (Å²) in [5, 5.41) is 0. The molecule has 3 aromatic heterocycles. The molecule has 0 N–H and O–H groups in total. The average Bonchev–Trinajstić information content (AvgIpc) is 3.62. The fraction of sp³-hybridized carbons (Fsp3) is 0.513. The first kappa shape index (κ1) is 40.9. The molecule has 0 amide bonds. The Kier molecular flexibility index (Phi) is 19.4. The van der Waals surface area contributed by atoms with Crippen LogP contribution >= 0.6 is 0 Å². The van der Waals surface area contributed by atoms with Crippen molar-refractivity contribution in [3.63, 3.8) is 0 Å². The van der Waals surface area contributed by atoms with Gasteiger partial charge in [-0.25, -0.2) is 15.0 Å². The first-order valence-electron chi connectivity index (χ1n) is 17.7. The zero-order valence-electron chi connectivity index (χ0n) is 28.5. The number of fused-ring (bicyclic) bond motifs is 2. The Morgan fingerprint density at radius 2 is 0.787 bits per heavy atom. The maximum absolute atomic E-state index is 5.23.